The average molecular weight is 383 g/mol. The van der Waals surface area contributed by atoms with Crippen molar-refractivity contribution >= 4 is 33.3 Å². The van der Waals surface area contributed by atoms with Crippen LogP contribution >= 0.6 is 11.3 Å². The molecule has 1 N–H and O–H groups in total. The predicted molar refractivity (Wildman–Crippen MR) is 100 cm³/mol. The first kappa shape index (κ1) is 17.2. The summed E-state index contributed by atoms with van der Waals surface area (Å²) in [7, 11) is 1.41. The van der Waals surface area contributed by atoms with Crippen LogP contribution in [0.2, 0.25) is 0 Å². The van der Waals surface area contributed by atoms with E-state index in [1.807, 2.05) is 18.2 Å². The average Bonchev–Trinajstić information content (AvgIpc) is 3.29. The Morgan fingerprint density at radius 1 is 1.30 bits per heavy atom. The number of para-hydroxylation sites is 1. The van der Waals surface area contributed by atoms with Gasteiger partial charge in [0.1, 0.15) is 5.69 Å². The molecule has 2 aromatic carbocycles. The zero-order valence-electron chi connectivity index (χ0n) is 14.2. The number of amides is 1. The third-order valence-electron chi connectivity index (χ3n) is 3.98. The van der Waals surface area contributed by atoms with E-state index >= 15 is 0 Å². The number of rotatable bonds is 5. The molecule has 4 aromatic rings. The number of thiazole rings is 1. The maximum absolute atomic E-state index is 13.9. The van der Waals surface area contributed by atoms with E-state index in [-0.39, 0.29) is 18.1 Å². The van der Waals surface area contributed by atoms with Crippen LogP contribution in [-0.4, -0.2) is 23.2 Å². The Hall–Kier alpha value is -3.26. The van der Waals surface area contributed by atoms with Gasteiger partial charge in [-0.2, -0.15) is 0 Å². The van der Waals surface area contributed by atoms with E-state index in [1.54, 1.807) is 17.5 Å². The summed E-state index contributed by atoms with van der Waals surface area (Å²) in [5.41, 5.74) is 2.38. The van der Waals surface area contributed by atoms with Gasteiger partial charge in [0.15, 0.2) is 22.3 Å². The Balaban J connectivity index is 1.47. The molecule has 0 unspecified atom stereocenters. The van der Waals surface area contributed by atoms with Crippen LogP contribution in [-0.2, 0) is 11.2 Å². The monoisotopic (exact) mass is 383 g/mol. The number of halogens is 1. The van der Waals surface area contributed by atoms with Crippen molar-refractivity contribution in [1.29, 1.82) is 0 Å². The van der Waals surface area contributed by atoms with Gasteiger partial charge in [-0.1, -0.05) is 17.3 Å². The fourth-order valence-electron chi connectivity index (χ4n) is 2.67. The Bertz CT molecular complexity index is 1120. The van der Waals surface area contributed by atoms with Crippen molar-refractivity contribution in [2.75, 3.05) is 12.4 Å². The van der Waals surface area contributed by atoms with E-state index < -0.39 is 5.82 Å². The molecule has 0 aliphatic carbocycles. The van der Waals surface area contributed by atoms with Crippen LogP contribution in [0.4, 0.5) is 9.52 Å². The quantitative estimate of drug-likeness (QED) is 0.557. The van der Waals surface area contributed by atoms with Gasteiger partial charge in [0.25, 0.3) is 0 Å². The number of ether oxygens (including phenoxy) is 1. The van der Waals surface area contributed by atoms with E-state index in [0.29, 0.717) is 27.7 Å². The fraction of sp³-hybridized carbons (Fsp3) is 0.105. The summed E-state index contributed by atoms with van der Waals surface area (Å²) in [5, 5.41) is 9.68. The summed E-state index contributed by atoms with van der Waals surface area (Å²) in [6, 6.07) is 12.0. The molecule has 0 spiro atoms. The molecule has 0 saturated heterocycles. The zero-order chi connectivity index (χ0) is 18.8. The number of nitrogens with one attached hydrogen (secondary N) is 1. The number of aromatic nitrogens is 2. The lowest BCUT2D eigenvalue weighted by molar-refractivity contribution is -0.115. The molecule has 0 aliphatic rings. The van der Waals surface area contributed by atoms with Crippen LogP contribution in [0.15, 0.2) is 52.4 Å². The maximum Gasteiger partial charge on any atom is 0.232 e. The second-order valence-electron chi connectivity index (χ2n) is 5.74. The van der Waals surface area contributed by atoms with Gasteiger partial charge in [-0.25, -0.2) is 9.37 Å². The van der Waals surface area contributed by atoms with Crippen LogP contribution < -0.4 is 10.1 Å². The highest BCUT2D eigenvalue weighted by Gasteiger charge is 2.14. The summed E-state index contributed by atoms with van der Waals surface area (Å²) in [6.07, 6.45) is 0.0725. The second-order valence-corrected chi connectivity index (χ2v) is 6.60. The molecule has 0 atom stereocenters. The second kappa shape index (κ2) is 7.16. The fourth-order valence-corrected chi connectivity index (χ4v) is 3.41. The van der Waals surface area contributed by atoms with Crippen LogP contribution in [0, 0.1) is 5.82 Å². The third-order valence-corrected chi connectivity index (χ3v) is 4.74. The SMILES string of the molecule is COc1ccc(-c2csc(NC(=O)Cc3noc4ccccc34)n2)cc1F. The Morgan fingerprint density at radius 2 is 2.15 bits per heavy atom. The van der Waals surface area contributed by atoms with Gasteiger partial charge in [-0.05, 0) is 30.3 Å². The van der Waals surface area contributed by atoms with Gasteiger partial charge in [0.05, 0.1) is 19.2 Å². The molecule has 2 aromatic heterocycles. The number of carbonyl (C=O) groups is 1. The minimum Gasteiger partial charge on any atom is -0.494 e. The Labute approximate surface area is 157 Å². The van der Waals surface area contributed by atoms with Crippen molar-refractivity contribution in [3.8, 4) is 17.0 Å². The molecular weight excluding hydrogens is 369 g/mol. The molecule has 27 heavy (non-hydrogen) atoms. The van der Waals surface area contributed by atoms with Crippen LogP contribution in [0.3, 0.4) is 0 Å². The van der Waals surface area contributed by atoms with Crippen molar-refractivity contribution in [1.82, 2.24) is 10.1 Å². The first-order chi connectivity index (χ1) is 13.1. The minimum absolute atomic E-state index is 0.0725. The lowest BCUT2D eigenvalue weighted by Crippen LogP contribution is -2.14. The molecule has 1 amide bonds. The van der Waals surface area contributed by atoms with E-state index in [9.17, 15) is 9.18 Å². The lowest BCUT2D eigenvalue weighted by Gasteiger charge is -2.03. The molecule has 0 aliphatic heterocycles. The van der Waals surface area contributed by atoms with Crippen LogP contribution in [0.5, 0.6) is 5.75 Å². The first-order valence-corrected chi connectivity index (χ1v) is 8.94. The van der Waals surface area contributed by atoms with E-state index in [1.165, 1.54) is 30.6 Å². The van der Waals surface area contributed by atoms with E-state index in [0.717, 1.165) is 5.39 Å². The highest BCUT2D eigenvalue weighted by molar-refractivity contribution is 7.14. The number of nitrogens with zero attached hydrogens (tertiary/aromatic N) is 2. The first-order valence-electron chi connectivity index (χ1n) is 8.06. The normalized spacial score (nSPS) is 10.9. The van der Waals surface area contributed by atoms with Gasteiger partial charge < -0.3 is 14.6 Å². The molecule has 4 rings (SSSR count). The Morgan fingerprint density at radius 3 is 2.96 bits per heavy atom. The number of methoxy groups -OCH3 is 1. The Kier molecular flexibility index (Phi) is 4.55. The summed E-state index contributed by atoms with van der Waals surface area (Å²) < 4.78 is 24.0. The van der Waals surface area contributed by atoms with Gasteiger partial charge in [0, 0.05) is 16.3 Å². The van der Waals surface area contributed by atoms with Gasteiger partial charge in [0.2, 0.25) is 5.91 Å². The molecule has 136 valence electrons. The number of fused-ring (bicyclic) bond motifs is 1. The molecule has 8 heteroatoms. The van der Waals surface area contributed by atoms with Crippen molar-refractivity contribution in [3.05, 3.63) is 59.4 Å². The largest absolute Gasteiger partial charge is 0.494 e. The number of benzene rings is 2. The maximum atomic E-state index is 13.9. The van der Waals surface area contributed by atoms with Crippen molar-refractivity contribution in [3.63, 3.8) is 0 Å². The summed E-state index contributed by atoms with van der Waals surface area (Å²) >= 11 is 1.26. The summed E-state index contributed by atoms with van der Waals surface area (Å²) in [5.74, 6) is -0.551. The highest BCUT2D eigenvalue weighted by atomic mass is 32.1. The smallest absolute Gasteiger partial charge is 0.232 e. The lowest BCUT2D eigenvalue weighted by atomic mass is 10.1. The van der Waals surface area contributed by atoms with Crippen molar-refractivity contribution in [2.24, 2.45) is 0 Å². The minimum atomic E-state index is -0.466. The van der Waals surface area contributed by atoms with Gasteiger partial charge in [-0.3, -0.25) is 4.79 Å². The molecule has 0 radical (unpaired) electrons. The molecular formula is C19H14FN3O3S. The predicted octanol–water partition coefficient (Wildman–Crippen LogP) is 4.28. The number of carbonyl (C=O) groups excluding carboxylic acids is 1. The molecule has 6 nitrogen and oxygen atoms in total. The van der Waals surface area contributed by atoms with E-state index in [2.05, 4.69) is 15.5 Å². The van der Waals surface area contributed by atoms with Gasteiger partial charge in [-0.15, -0.1) is 11.3 Å². The highest BCUT2D eigenvalue weighted by Crippen LogP contribution is 2.28. The molecule has 2 heterocycles. The third kappa shape index (κ3) is 3.52. The zero-order valence-corrected chi connectivity index (χ0v) is 15.0. The van der Waals surface area contributed by atoms with Crippen LogP contribution in [0.25, 0.3) is 22.2 Å². The number of hydrogen-bond acceptors (Lipinski definition) is 6. The number of hydrogen-bond donors (Lipinski definition) is 1. The van der Waals surface area contributed by atoms with E-state index in [4.69, 9.17) is 9.26 Å². The van der Waals surface area contributed by atoms with Gasteiger partial charge >= 0.3 is 0 Å². The molecule has 0 bridgehead atoms. The van der Waals surface area contributed by atoms with Crippen LogP contribution in [0.1, 0.15) is 5.69 Å². The van der Waals surface area contributed by atoms with Crippen molar-refractivity contribution in [2.45, 2.75) is 6.42 Å². The number of anilines is 1. The summed E-state index contributed by atoms with van der Waals surface area (Å²) in [6.45, 7) is 0. The summed E-state index contributed by atoms with van der Waals surface area (Å²) in [4.78, 5) is 16.6. The standard InChI is InChI=1S/C19H14FN3O3S/c1-25-17-7-6-11(8-13(17)20)15-10-27-19(21-15)22-18(24)9-14-12-4-2-3-5-16(12)26-23-14/h2-8,10H,9H2,1H3,(H,21,22,24). The molecule has 0 fully saturated rings. The topological polar surface area (TPSA) is 77.2 Å². The molecule has 0 saturated carbocycles. The van der Waals surface area contributed by atoms with Crippen molar-refractivity contribution < 1.29 is 18.4 Å².